The third-order valence-electron chi connectivity index (χ3n) is 10.6. The molecular weight excluding hydrogens is 687 g/mol. The second kappa shape index (κ2) is 16.6. The Bertz CT molecular complexity index is 1700. The zero-order valence-corrected chi connectivity index (χ0v) is 35.8. The molecule has 2 aromatic heterocycles. The minimum atomic E-state index is -1.28. The van der Waals surface area contributed by atoms with Crippen molar-refractivity contribution in [2.45, 2.75) is 131 Å². The van der Waals surface area contributed by atoms with Gasteiger partial charge in [0.05, 0.1) is 17.8 Å². The van der Waals surface area contributed by atoms with Gasteiger partial charge in [0.1, 0.15) is 19.2 Å². The predicted octanol–water partition coefficient (Wildman–Crippen LogP) is 8.73. The molecule has 0 bridgehead atoms. The molecular formula is C40H65N5O5Si2. The van der Waals surface area contributed by atoms with E-state index in [1.165, 1.54) is 11.3 Å². The first-order chi connectivity index (χ1) is 24.5. The van der Waals surface area contributed by atoms with E-state index in [4.69, 9.17) is 19.3 Å². The van der Waals surface area contributed by atoms with Crippen LogP contribution in [-0.4, -0.2) is 97.8 Å². The van der Waals surface area contributed by atoms with Crippen LogP contribution in [0.1, 0.15) is 68.6 Å². The van der Waals surface area contributed by atoms with Gasteiger partial charge in [-0.05, 0) is 68.3 Å². The average molecular weight is 752 g/mol. The maximum absolute atomic E-state index is 14.1. The van der Waals surface area contributed by atoms with Crippen LogP contribution in [0.25, 0.3) is 22.3 Å². The maximum atomic E-state index is 14.1. The molecule has 0 spiro atoms. The van der Waals surface area contributed by atoms with Crippen LogP contribution < -0.4 is 0 Å². The Morgan fingerprint density at radius 3 is 2.29 bits per heavy atom. The number of benzene rings is 1. The monoisotopic (exact) mass is 751 g/mol. The second-order valence-corrected chi connectivity index (χ2v) is 29.5. The third kappa shape index (κ3) is 10.2. The van der Waals surface area contributed by atoms with E-state index in [-0.39, 0.29) is 23.5 Å². The summed E-state index contributed by atoms with van der Waals surface area (Å²) in [5.74, 6) is -0.0262. The largest absolute Gasteiger partial charge is 0.449 e. The van der Waals surface area contributed by atoms with Gasteiger partial charge in [-0.25, -0.2) is 9.48 Å². The SMILES string of the molecule is CCCCOC(=O)N1CCN(C(=O)c2ccc3cc(-c4nn(COCC[Si](C)(C)C)c5c4CCC(C)(C)C5)n(COCC[Si](C)(C)C)c3c2)[C@@H](C)C1. The molecule has 0 radical (unpaired) electrons. The smallest absolute Gasteiger partial charge is 0.409 e. The van der Waals surface area contributed by atoms with E-state index >= 15 is 0 Å². The molecule has 1 aromatic carbocycles. The van der Waals surface area contributed by atoms with Gasteiger partial charge in [0, 0.05) is 77.2 Å². The molecule has 0 N–H and O–H groups in total. The molecule has 1 saturated heterocycles. The van der Waals surface area contributed by atoms with Gasteiger partial charge in [-0.1, -0.05) is 72.5 Å². The van der Waals surface area contributed by atoms with E-state index in [2.05, 4.69) is 81.4 Å². The number of hydrogen-bond donors (Lipinski definition) is 0. The minimum Gasteiger partial charge on any atom is -0.449 e. The summed E-state index contributed by atoms with van der Waals surface area (Å²) in [5.41, 5.74) is 6.38. The topological polar surface area (TPSA) is 91.1 Å². The van der Waals surface area contributed by atoms with E-state index in [0.717, 1.165) is 73.1 Å². The Kier molecular flexibility index (Phi) is 12.9. The highest BCUT2D eigenvalue weighted by Gasteiger charge is 2.34. The van der Waals surface area contributed by atoms with Gasteiger partial charge in [-0.15, -0.1) is 0 Å². The fourth-order valence-corrected chi connectivity index (χ4v) is 8.60. The van der Waals surface area contributed by atoms with Gasteiger partial charge in [0.25, 0.3) is 5.91 Å². The molecule has 0 saturated carbocycles. The molecule has 1 fully saturated rings. The summed E-state index contributed by atoms with van der Waals surface area (Å²) >= 11 is 0. The first-order valence-electron chi connectivity index (χ1n) is 19.6. The number of unbranched alkanes of at least 4 members (excludes halogenated alkanes) is 1. The quantitative estimate of drug-likeness (QED) is 0.114. The van der Waals surface area contributed by atoms with Crippen LogP contribution >= 0.6 is 0 Å². The molecule has 3 heterocycles. The highest BCUT2D eigenvalue weighted by Crippen LogP contribution is 2.40. The lowest BCUT2D eigenvalue weighted by Gasteiger charge is -2.39. The standard InChI is InChI=1S/C40H65N5O5Si2/c1-11-12-19-50-39(47)42-17-18-43(30(2)27-42)38(46)32-14-13-31-24-35(44(34(31)25-32)28-48-20-22-51(5,6)7)37-33-15-16-40(3,4)26-36(33)45(41-37)29-49-21-23-52(8,9)10/h13-14,24-25,30H,11-12,15-23,26-29H2,1-10H3/t30-/m0/s1. The van der Waals surface area contributed by atoms with Gasteiger partial charge in [0.2, 0.25) is 0 Å². The van der Waals surface area contributed by atoms with Crippen LogP contribution in [0.2, 0.25) is 51.4 Å². The van der Waals surface area contributed by atoms with Gasteiger partial charge in [-0.2, -0.15) is 5.10 Å². The minimum absolute atomic E-state index is 0.0262. The molecule has 10 nitrogen and oxygen atoms in total. The van der Waals surface area contributed by atoms with Crippen LogP contribution in [0.4, 0.5) is 4.79 Å². The lowest BCUT2D eigenvalue weighted by molar-refractivity contribution is 0.0411. The van der Waals surface area contributed by atoms with Crippen molar-refractivity contribution in [3.05, 3.63) is 41.1 Å². The number of piperazine rings is 1. The van der Waals surface area contributed by atoms with E-state index in [1.807, 2.05) is 24.0 Å². The van der Waals surface area contributed by atoms with Gasteiger partial charge < -0.3 is 28.6 Å². The van der Waals surface area contributed by atoms with Crippen molar-refractivity contribution < 1.29 is 23.8 Å². The number of ether oxygens (including phenoxy) is 3. The van der Waals surface area contributed by atoms with Gasteiger partial charge in [-0.3, -0.25) is 4.79 Å². The van der Waals surface area contributed by atoms with Crippen molar-refractivity contribution in [3.63, 3.8) is 0 Å². The third-order valence-corrected chi connectivity index (χ3v) is 14.0. The fraction of sp³-hybridized carbons (Fsp3) is 0.675. The Labute approximate surface area is 314 Å². The molecule has 52 heavy (non-hydrogen) atoms. The van der Waals surface area contributed by atoms with Crippen LogP contribution in [0.5, 0.6) is 0 Å². The number of amides is 2. The van der Waals surface area contributed by atoms with Crippen LogP contribution in [-0.2, 0) is 40.5 Å². The molecule has 1 atom stereocenters. The zero-order chi connectivity index (χ0) is 37.8. The van der Waals surface area contributed by atoms with E-state index in [9.17, 15) is 9.59 Å². The predicted molar refractivity (Wildman–Crippen MR) is 216 cm³/mol. The Morgan fingerprint density at radius 2 is 1.63 bits per heavy atom. The Morgan fingerprint density at radius 1 is 0.942 bits per heavy atom. The van der Waals surface area contributed by atoms with Crippen molar-refractivity contribution in [1.29, 1.82) is 0 Å². The molecule has 5 rings (SSSR count). The molecule has 1 aliphatic carbocycles. The summed E-state index contributed by atoms with van der Waals surface area (Å²) in [6.07, 6.45) is 4.56. The van der Waals surface area contributed by atoms with Crippen molar-refractivity contribution in [1.82, 2.24) is 24.1 Å². The fourth-order valence-electron chi connectivity index (χ4n) is 7.08. The van der Waals surface area contributed by atoms with Gasteiger partial charge >= 0.3 is 6.09 Å². The van der Waals surface area contributed by atoms with Crippen molar-refractivity contribution in [2.75, 3.05) is 39.5 Å². The molecule has 3 aromatic rings. The summed E-state index contributed by atoms with van der Waals surface area (Å²) in [5, 5.41) is 6.34. The molecule has 2 amide bonds. The summed E-state index contributed by atoms with van der Waals surface area (Å²) in [6, 6.07) is 10.3. The second-order valence-electron chi connectivity index (χ2n) is 18.3. The van der Waals surface area contributed by atoms with E-state index in [0.29, 0.717) is 51.9 Å². The number of carbonyl (C=O) groups excluding carboxylic acids is 2. The maximum Gasteiger partial charge on any atom is 0.409 e. The Hall–Kier alpha value is -2.94. The summed E-state index contributed by atoms with van der Waals surface area (Å²) < 4.78 is 22.5. The number of nitrogens with zero attached hydrogens (tertiary/aromatic N) is 5. The molecule has 288 valence electrons. The van der Waals surface area contributed by atoms with E-state index in [1.54, 1.807) is 4.90 Å². The summed E-state index contributed by atoms with van der Waals surface area (Å²) in [6.45, 7) is 27.1. The van der Waals surface area contributed by atoms with Crippen LogP contribution in [0.3, 0.4) is 0 Å². The summed E-state index contributed by atoms with van der Waals surface area (Å²) in [7, 11) is -2.49. The zero-order valence-electron chi connectivity index (χ0n) is 33.8. The first-order valence-corrected chi connectivity index (χ1v) is 27.0. The van der Waals surface area contributed by atoms with Crippen molar-refractivity contribution >= 4 is 39.1 Å². The van der Waals surface area contributed by atoms with Crippen LogP contribution in [0, 0.1) is 5.41 Å². The number of fused-ring (bicyclic) bond motifs is 2. The molecule has 0 unspecified atom stereocenters. The average Bonchev–Trinajstić information content (AvgIpc) is 3.60. The van der Waals surface area contributed by atoms with E-state index < -0.39 is 16.1 Å². The number of hydrogen-bond acceptors (Lipinski definition) is 6. The Balaban J connectivity index is 1.46. The van der Waals surface area contributed by atoms with Crippen molar-refractivity contribution in [3.8, 4) is 11.4 Å². The highest BCUT2D eigenvalue weighted by molar-refractivity contribution is 6.76. The molecule has 1 aliphatic heterocycles. The normalized spacial score (nSPS) is 17.8. The number of carbonyl (C=O) groups is 2. The highest BCUT2D eigenvalue weighted by atomic mass is 28.3. The molecule has 2 aliphatic rings. The lowest BCUT2D eigenvalue weighted by atomic mass is 9.76. The number of rotatable bonds is 15. The lowest BCUT2D eigenvalue weighted by Crippen LogP contribution is -2.55. The van der Waals surface area contributed by atoms with Crippen LogP contribution in [0.15, 0.2) is 24.3 Å². The van der Waals surface area contributed by atoms with Gasteiger partial charge in [0.15, 0.2) is 0 Å². The van der Waals surface area contributed by atoms with Crippen molar-refractivity contribution in [2.24, 2.45) is 5.41 Å². The number of aromatic nitrogens is 3. The molecule has 12 heteroatoms. The first kappa shape index (κ1) is 40.3. The summed E-state index contributed by atoms with van der Waals surface area (Å²) in [4.78, 5) is 30.3.